The molecule has 3 nitrogen and oxygen atoms in total. The molecule has 0 saturated carbocycles. The van der Waals surface area contributed by atoms with Crippen LogP contribution in [-0.2, 0) is 0 Å². The van der Waals surface area contributed by atoms with E-state index in [2.05, 4.69) is 55.2 Å². The molecule has 0 fully saturated rings. The smallest absolute Gasteiger partial charge is 0.162 e. The highest BCUT2D eigenvalue weighted by atomic mass is 16.5. The summed E-state index contributed by atoms with van der Waals surface area (Å²) in [5.74, 6) is 1.19. The molecule has 3 heteroatoms. The molecule has 0 heterocycles. The van der Waals surface area contributed by atoms with Crippen molar-refractivity contribution in [2.45, 2.75) is 168 Å². The van der Waals surface area contributed by atoms with Gasteiger partial charge < -0.3 is 4.74 Å². The maximum absolute atomic E-state index is 12.8. The van der Waals surface area contributed by atoms with Gasteiger partial charge in [-0.05, 0) is 65.9 Å². The van der Waals surface area contributed by atoms with Crippen LogP contribution < -0.4 is 4.74 Å². The summed E-state index contributed by atoms with van der Waals surface area (Å²) >= 11 is 0. The Labute approximate surface area is 306 Å². The van der Waals surface area contributed by atoms with Crippen molar-refractivity contribution in [1.29, 1.82) is 0 Å². The first-order valence-corrected chi connectivity index (χ1v) is 20.7. The van der Waals surface area contributed by atoms with Crippen molar-refractivity contribution in [3.05, 3.63) is 83.9 Å². The molecule has 0 saturated heterocycles. The van der Waals surface area contributed by atoms with Gasteiger partial charge in [-0.3, -0.25) is 9.79 Å². The molecule has 0 aliphatic rings. The molecule has 0 spiro atoms. The van der Waals surface area contributed by atoms with E-state index in [1.54, 1.807) is 0 Å². The quantitative estimate of drug-likeness (QED) is 0.0399. The van der Waals surface area contributed by atoms with Gasteiger partial charge in [0.15, 0.2) is 5.78 Å². The van der Waals surface area contributed by atoms with Crippen LogP contribution in [0.4, 0.5) is 5.69 Å². The molecule has 0 amide bonds. The Morgan fingerprint density at radius 3 is 1.40 bits per heavy atom. The second kappa shape index (κ2) is 27.5. The molecule has 3 aromatic rings. The zero-order chi connectivity index (χ0) is 35.3. The van der Waals surface area contributed by atoms with Crippen LogP contribution in [0.25, 0.3) is 11.1 Å². The number of carbonyl (C=O) groups excluding carboxylic acids is 1. The third kappa shape index (κ3) is 18.7. The average molecular weight is 680 g/mol. The lowest BCUT2D eigenvalue weighted by Gasteiger charge is -2.06. The number of rotatable bonds is 30. The fourth-order valence-corrected chi connectivity index (χ4v) is 6.61. The third-order valence-corrected chi connectivity index (χ3v) is 9.92. The maximum Gasteiger partial charge on any atom is 0.162 e. The lowest BCUT2D eigenvalue weighted by atomic mass is 9.99. The first kappa shape index (κ1) is 41.2. The van der Waals surface area contributed by atoms with Gasteiger partial charge in [0, 0.05) is 18.2 Å². The van der Waals surface area contributed by atoms with Crippen LogP contribution in [0.3, 0.4) is 0 Å². The first-order chi connectivity index (χ1) is 24.7. The molecule has 0 aliphatic carbocycles. The van der Waals surface area contributed by atoms with E-state index < -0.39 is 0 Å². The van der Waals surface area contributed by atoms with E-state index in [1.807, 2.05) is 42.6 Å². The van der Waals surface area contributed by atoms with Crippen molar-refractivity contribution in [2.75, 3.05) is 6.61 Å². The van der Waals surface area contributed by atoms with E-state index in [4.69, 9.17) is 4.74 Å². The normalized spacial score (nSPS) is 11.4. The van der Waals surface area contributed by atoms with Gasteiger partial charge in [-0.25, -0.2) is 0 Å². The minimum atomic E-state index is 0.263. The van der Waals surface area contributed by atoms with Gasteiger partial charge in [-0.2, -0.15) is 0 Å². The molecule has 0 N–H and O–H groups in total. The van der Waals surface area contributed by atoms with E-state index in [0.717, 1.165) is 59.6 Å². The molecular formula is C47H69NO2. The predicted octanol–water partition coefficient (Wildman–Crippen LogP) is 15.1. The molecule has 0 atom stereocenters. The Balaban J connectivity index is 1.25. The Hall–Kier alpha value is -3.20. The summed E-state index contributed by atoms with van der Waals surface area (Å²) < 4.78 is 5.94. The summed E-state index contributed by atoms with van der Waals surface area (Å²) in [5, 5.41) is 0. The van der Waals surface area contributed by atoms with Crippen molar-refractivity contribution in [1.82, 2.24) is 0 Å². The van der Waals surface area contributed by atoms with Gasteiger partial charge in [0.2, 0.25) is 0 Å². The number of aliphatic imine (C=N–C) groups is 1. The van der Waals surface area contributed by atoms with Crippen molar-refractivity contribution in [3.63, 3.8) is 0 Å². The monoisotopic (exact) mass is 680 g/mol. The van der Waals surface area contributed by atoms with Gasteiger partial charge >= 0.3 is 0 Å². The topological polar surface area (TPSA) is 38.7 Å². The van der Waals surface area contributed by atoms with Gasteiger partial charge in [0.1, 0.15) is 5.75 Å². The van der Waals surface area contributed by atoms with Crippen LogP contribution in [0.5, 0.6) is 5.75 Å². The number of hydrogen-bond donors (Lipinski definition) is 0. The molecule has 0 bridgehead atoms. The lowest BCUT2D eigenvalue weighted by Crippen LogP contribution is -1.98. The Morgan fingerprint density at radius 2 is 0.920 bits per heavy atom. The summed E-state index contributed by atoms with van der Waals surface area (Å²) in [6.45, 7) is 5.34. The van der Waals surface area contributed by atoms with E-state index in [1.165, 1.54) is 128 Å². The van der Waals surface area contributed by atoms with Crippen LogP contribution >= 0.6 is 0 Å². The second-order valence-electron chi connectivity index (χ2n) is 14.4. The fraction of sp³-hybridized carbons (Fsp3) is 0.574. The van der Waals surface area contributed by atoms with Crippen LogP contribution in [0.15, 0.2) is 77.8 Å². The molecule has 50 heavy (non-hydrogen) atoms. The third-order valence-electron chi connectivity index (χ3n) is 9.92. The maximum atomic E-state index is 12.8. The van der Waals surface area contributed by atoms with Crippen LogP contribution in [0.2, 0.25) is 0 Å². The number of unbranched alkanes of at least 4 members (excludes halogenated alkanes) is 21. The van der Waals surface area contributed by atoms with E-state index >= 15 is 0 Å². The molecule has 0 unspecified atom stereocenters. The van der Waals surface area contributed by atoms with Gasteiger partial charge in [0.25, 0.3) is 0 Å². The Bertz CT molecular complexity index is 1280. The molecule has 0 radical (unpaired) electrons. The number of ketones is 1. The summed E-state index contributed by atoms with van der Waals surface area (Å²) in [6, 6.07) is 24.6. The van der Waals surface area contributed by atoms with Crippen LogP contribution in [-0.4, -0.2) is 18.6 Å². The second-order valence-corrected chi connectivity index (χ2v) is 14.4. The van der Waals surface area contributed by atoms with Gasteiger partial charge in [-0.15, -0.1) is 0 Å². The zero-order valence-corrected chi connectivity index (χ0v) is 31.9. The number of benzene rings is 3. The largest absolute Gasteiger partial charge is 0.494 e. The number of hydrogen-bond acceptors (Lipinski definition) is 3. The Kier molecular flexibility index (Phi) is 22.7. The van der Waals surface area contributed by atoms with E-state index in [9.17, 15) is 4.79 Å². The number of nitrogens with zero attached hydrogens (tertiary/aromatic N) is 1. The molecular weight excluding hydrogens is 611 g/mol. The summed E-state index contributed by atoms with van der Waals surface area (Å²) in [7, 11) is 0. The minimum absolute atomic E-state index is 0.263. The minimum Gasteiger partial charge on any atom is -0.494 e. The van der Waals surface area contributed by atoms with Crippen LogP contribution in [0, 0.1) is 0 Å². The first-order valence-electron chi connectivity index (χ1n) is 20.7. The van der Waals surface area contributed by atoms with Crippen molar-refractivity contribution in [3.8, 4) is 16.9 Å². The van der Waals surface area contributed by atoms with Crippen molar-refractivity contribution < 1.29 is 9.53 Å². The Morgan fingerprint density at radius 1 is 0.500 bits per heavy atom. The summed E-state index contributed by atoms with van der Waals surface area (Å²) in [6.07, 6.45) is 33.2. The van der Waals surface area contributed by atoms with Crippen LogP contribution in [0.1, 0.15) is 184 Å². The lowest BCUT2D eigenvalue weighted by molar-refractivity contribution is 0.0979. The van der Waals surface area contributed by atoms with Crippen molar-refractivity contribution in [2.24, 2.45) is 4.99 Å². The predicted molar refractivity (Wildman–Crippen MR) is 218 cm³/mol. The highest BCUT2D eigenvalue weighted by molar-refractivity contribution is 5.96. The van der Waals surface area contributed by atoms with Gasteiger partial charge in [0.05, 0.1) is 12.3 Å². The molecule has 0 aliphatic heterocycles. The molecule has 274 valence electrons. The summed E-state index contributed by atoms with van der Waals surface area (Å²) in [5.41, 5.74) is 5.04. The molecule has 3 rings (SSSR count). The summed E-state index contributed by atoms with van der Waals surface area (Å²) in [4.78, 5) is 17.4. The van der Waals surface area contributed by atoms with Crippen molar-refractivity contribution >= 4 is 17.7 Å². The van der Waals surface area contributed by atoms with E-state index in [0.29, 0.717) is 6.42 Å². The fourth-order valence-electron chi connectivity index (χ4n) is 6.61. The van der Waals surface area contributed by atoms with Gasteiger partial charge in [-0.1, -0.05) is 185 Å². The van der Waals surface area contributed by atoms with E-state index in [-0.39, 0.29) is 5.78 Å². The SMILES string of the molecule is CCCCCCCCCCCCCCCCCC(=O)c1ccc(-c2ccc(N=Cc3ccc(OCCCCCCCCCC)cc3)cc2)cc1. The average Bonchev–Trinajstić information content (AvgIpc) is 3.15. The number of ether oxygens (including phenoxy) is 1. The highest BCUT2D eigenvalue weighted by Gasteiger charge is 2.07. The molecule has 3 aromatic carbocycles. The highest BCUT2D eigenvalue weighted by Crippen LogP contribution is 2.24. The number of carbonyl (C=O) groups is 1. The zero-order valence-electron chi connectivity index (χ0n) is 31.9. The number of Topliss-reactive ketones (excluding diaryl/α,β-unsaturated/α-hetero) is 1. The standard InChI is InChI=1S/C47H69NO2/c1-3-5-7-9-11-13-14-15-16-17-18-19-20-22-24-26-47(49)44-31-29-42(30-32-44)43-33-35-45(36-34-43)48-40-41-27-37-46(38-28-41)50-39-25-23-21-12-10-8-6-4-2/h27-38,40H,3-26,39H2,1-2H3. The molecule has 0 aromatic heterocycles.